The number of nitrogens with one attached hydrogen (secondary N) is 3. The zero-order valence-electron chi connectivity index (χ0n) is 6.77. The van der Waals surface area contributed by atoms with Gasteiger partial charge in [0.15, 0.2) is 0 Å². The fourth-order valence-electron chi connectivity index (χ4n) is 0.677. The monoisotopic (exact) mass is 158 g/mol. The molecule has 0 fully saturated rings. The van der Waals surface area contributed by atoms with Crippen LogP contribution < -0.4 is 16.4 Å². The summed E-state index contributed by atoms with van der Waals surface area (Å²) in [5.41, 5.74) is 5.12. The number of amides is 2. The summed E-state index contributed by atoms with van der Waals surface area (Å²) >= 11 is 0. The van der Waals surface area contributed by atoms with Crippen LogP contribution in [0, 0.1) is 5.41 Å². The number of hydrogen-bond donors (Lipinski definition) is 4. The maximum Gasteiger partial charge on any atom is 0.314 e. The second-order valence-electron chi connectivity index (χ2n) is 2.35. The molecule has 0 aromatic rings. The van der Waals surface area contributed by atoms with Gasteiger partial charge >= 0.3 is 6.03 Å². The highest BCUT2D eigenvalue weighted by atomic mass is 16.2. The lowest BCUT2D eigenvalue weighted by molar-refractivity contribution is 0.240. The Morgan fingerprint density at radius 1 is 1.73 bits per heavy atom. The molecule has 5 nitrogen and oxygen atoms in total. The van der Waals surface area contributed by atoms with Crippen LogP contribution in [0.25, 0.3) is 0 Å². The summed E-state index contributed by atoms with van der Waals surface area (Å²) < 4.78 is 0. The van der Waals surface area contributed by atoms with Crippen molar-refractivity contribution >= 4 is 11.9 Å². The van der Waals surface area contributed by atoms with Gasteiger partial charge in [0.1, 0.15) is 0 Å². The van der Waals surface area contributed by atoms with E-state index in [1.165, 1.54) is 7.05 Å². The van der Waals surface area contributed by atoms with E-state index in [1.54, 1.807) is 6.92 Å². The van der Waals surface area contributed by atoms with Crippen molar-refractivity contribution in [3.63, 3.8) is 0 Å². The summed E-state index contributed by atoms with van der Waals surface area (Å²) in [5.74, 6) is 0.0777. The minimum atomic E-state index is -0.251. The molecular weight excluding hydrogens is 144 g/mol. The molecule has 0 aromatic heterocycles. The van der Waals surface area contributed by atoms with E-state index in [-0.39, 0.29) is 17.9 Å². The Balaban J connectivity index is 3.60. The second kappa shape index (κ2) is 4.54. The molecule has 11 heavy (non-hydrogen) atoms. The van der Waals surface area contributed by atoms with E-state index >= 15 is 0 Å². The van der Waals surface area contributed by atoms with Crippen molar-refractivity contribution in [1.29, 1.82) is 5.41 Å². The first-order valence-corrected chi connectivity index (χ1v) is 3.37. The van der Waals surface area contributed by atoms with Crippen LogP contribution in [-0.4, -0.2) is 25.0 Å². The molecule has 0 aliphatic rings. The third kappa shape index (κ3) is 5.20. The molecule has 0 aliphatic heterocycles. The largest absolute Gasteiger partial charge is 0.388 e. The Kier molecular flexibility index (Phi) is 4.02. The van der Waals surface area contributed by atoms with E-state index in [0.717, 1.165) is 0 Å². The second-order valence-corrected chi connectivity index (χ2v) is 2.35. The van der Waals surface area contributed by atoms with Crippen LogP contribution >= 0.6 is 0 Å². The Morgan fingerprint density at radius 3 is 2.64 bits per heavy atom. The fraction of sp³-hybridized carbons (Fsp3) is 0.667. The average Bonchev–Trinajstić information content (AvgIpc) is 1.85. The summed E-state index contributed by atoms with van der Waals surface area (Å²) in [6.07, 6.45) is 0.382. The van der Waals surface area contributed by atoms with Gasteiger partial charge in [-0.1, -0.05) is 0 Å². The molecule has 0 radical (unpaired) electrons. The van der Waals surface area contributed by atoms with Crippen molar-refractivity contribution in [2.75, 3.05) is 7.05 Å². The predicted molar refractivity (Wildman–Crippen MR) is 43.6 cm³/mol. The van der Waals surface area contributed by atoms with Crippen LogP contribution in [-0.2, 0) is 0 Å². The van der Waals surface area contributed by atoms with E-state index in [0.29, 0.717) is 6.42 Å². The van der Waals surface area contributed by atoms with Gasteiger partial charge in [0.25, 0.3) is 0 Å². The van der Waals surface area contributed by atoms with E-state index in [2.05, 4.69) is 10.6 Å². The number of rotatable bonds is 3. The summed E-state index contributed by atoms with van der Waals surface area (Å²) in [4.78, 5) is 10.7. The minimum Gasteiger partial charge on any atom is -0.388 e. The van der Waals surface area contributed by atoms with Crippen molar-refractivity contribution in [3.05, 3.63) is 0 Å². The van der Waals surface area contributed by atoms with E-state index in [4.69, 9.17) is 11.1 Å². The minimum absolute atomic E-state index is 0.0777. The smallest absolute Gasteiger partial charge is 0.314 e. The molecular formula is C6H14N4O. The molecule has 0 saturated carbocycles. The number of carbonyl (C=O) groups excluding carboxylic acids is 1. The van der Waals surface area contributed by atoms with Gasteiger partial charge in [-0.05, 0) is 6.92 Å². The molecule has 64 valence electrons. The predicted octanol–water partition coefficient (Wildman–Crippen LogP) is -0.370. The normalized spacial score (nSPS) is 11.8. The Bertz CT molecular complexity index is 157. The zero-order chi connectivity index (χ0) is 8.85. The van der Waals surface area contributed by atoms with Gasteiger partial charge in [-0.3, -0.25) is 5.41 Å². The molecule has 0 heterocycles. The third-order valence-corrected chi connectivity index (χ3v) is 1.13. The molecule has 0 saturated heterocycles. The van der Waals surface area contributed by atoms with Crippen molar-refractivity contribution < 1.29 is 4.79 Å². The molecule has 0 aliphatic carbocycles. The number of carbonyl (C=O) groups is 1. The first-order chi connectivity index (χ1) is 5.06. The molecule has 0 rings (SSSR count). The quantitative estimate of drug-likeness (QED) is 0.333. The van der Waals surface area contributed by atoms with E-state index in [1.807, 2.05) is 0 Å². The molecule has 1 unspecified atom stereocenters. The van der Waals surface area contributed by atoms with Crippen molar-refractivity contribution in [1.82, 2.24) is 10.6 Å². The van der Waals surface area contributed by atoms with Crippen molar-refractivity contribution in [2.24, 2.45) is 5.73 Å². The Labute approximate surface area is 65.9 Å². The third-order valence-electron chi connectivity index (χ3n) is 1.13. The fourth-order valence-corrected chi connectivity index (χ4v) is 0.677. The molecule has 0 aromatic carbocycles. The van der Waals surface area contributed by atoms with E-state index in [9.17, 15) is 4.79 Å². The highest BCUT2D eigenvalue weighted by Crippen LogP contribution is 1.87. The van der Waals surface area contributed by atoms with Gasteiger partial charge in [-0.2, -0.15) is 0 Å². The topological polar surface area (TPSA) is 91.0 Å². The highest BCUT2D eigenvalue weighted by molar-refractivity contribution is 5.79. The standard InChI is InChI=1S/C6H14N4O/c1-4(3-5(7)8)10-6(11)9-2/h4H,3H2,1-2H3,(H3,7,8)(H2,9,10,11). The first kappa shape index (κ1) is 9.74. The summed E-state index contributed by atoms with van der Waals surface area (Å²) in [6.45, 7) is 1.79. The number of nitrogens with two attached hydrogens (primary N) is 1. The molecule has 2 amide bonds. The van der Waals surface area contributed by atoms with Crippen molar-refractivity contribution in [2.45, 2.75) is 19.4 Å². The van der Waals surface area contributed by atoms with Crippen molar-refractivity contribution in [3.8, 4) is 0 Å². The highest BCUT2D eigenvalue weighted by Gasteiger charge is 2.05. The average molecular weight is 158 g/mol. The molecule has 1 atom stereocenters. The number of amidine groups is 1. The van der Waals surface area contributed by atoms with E-state index < -0.39 is 0 Å². The maximum atomic E-state index is 10.7. The lowest BCUT2D eigenvalue weighted by Crippen LogP contribution is -2.40. The van der Waals surface area contributed by atoms with Crippen LogP contribution in [0.3, 0.4) is 0 Å². The molecule has 5 heteroatoms. The Morgan fingerprint density at radius 2 is 2.27 bits per heavy atom. The Hall–Kier alpha value is -1.26. The van der Waals surface area contributed by atoms with Gasteiger partial charge < -0.3 is 16.4 Å². The van der Waals surface area contributed by atoms with Gasteiger partial charge in [-0.15, -0.1) is 0 Å². The SMILES string of the molecule is CNC(=O)NC(C)CC(=N)N. The molecule has 0 spiro atoms. The van der Waals surface area contributed by atoms with Crippen LogP contribution in [0.4, 0.5) is 4.79 Å². The van der Waals surface area contributed by atoms with Crippen LogP contribution in [0.15, 0.2) is 0 Å². The van der Waals surface area contributed by atoms with Gasteiger partial charge in [0.05, 0.1) is 5.84 Å². The lowest BCUT2D eigenvalue weighted by atomic mass is 10.2. The van der Waals surface area contributed by atoms with Gasteiger partial charge in [0.2, 0.25) is 0 Å². The molecule has 5 N–H and O–H groups in total. The van der Waals surface area contributed by atoms with Crippen LogP contribution in [0.5, 0.6) is 0 Å². The number of urea groups is 1. The summed E-state index contributed by atoms with van der Waals surface area (Å²) in [5, 5.41) is 11.9. The van der Waals surface area contributed by atoms with Crippen LogP contribution in [0.1, 0.15) is 13.3 Å². The first-order valence-electron chi connectivity index (χ1n) is 3.37. The lowest BCUT2D eigenvalue weighted by Gasteiger charge is -2.11. The number of hydrogen-bond acceptors (Lipinski definition) is 2. The van der Waals surface area contributed by atoms with Gasteiger partial charge in [-0.25, -0.2) is 4.79 Å². The van der Waals surface area contributed by atoms with Crippen LogP contribution in [0.2, 0.25) is 0 Å². The zero-order valence-corrected chi connectivity index (χ0v) is 6.77. The molecule has 0 bridgehead atoms. The summed E-state index contributed by atoms with van der Waals surface area (Å²) in [6, 6.07) is -0.341. The maximum absolute atomic E-state index is 10.7. The summed E-state index contributed by atoms with van der Waals surface area (Å²) in [7, 11) is 1.54. The van der Waals surface area contributed by atoms with Gasteiger partial charge in [0, 0.05) is 19.5 Å².